The molecule has 0 saturated carbocycles. The van der Waals surface area contributed by atoms with Crippen molar-refractivity contribution in [1.82, 2.24) is 4.90 Å². The van der Waals surface area contributed by atoms with Crippen LogP contribution in [0.5, 0.6) is 5.75 Å². The summed E-state index contributed by atoms with van der Waals surface area (Å²) < 4.78 is 96.7. The summed E-state index contributed by atoms with van der Waals surface area (Å²) >= 11 is 0. The number of hydrogen-bond donors (Lipinski definition) is 1. The van der Waals surface area contributed by atoms with Crippen LogP contribution in [0.15, 0.2) is 59.0 Å². The van der Waals surface area contributed by atoms with Gasteiger partial charge in [0.2, 0.25) is 5.91 Å². The van der Waals surface area contributed by atoms with Crippen LogP contribution in [0.3, 0.4) is 0 Å². The fraction of sp³-hybridized carbons (Fsp3) is 0.419. The highest BCUT2D eigenvalue weighted by molar-refractivity contribution is 5.93. The second kappa shape index (κ2) is 12.9. The molecule has 0 aliphatic rings. The molecule has 7 nitrogen and oxygen atoms in total. The maximum atomic E-state index is 13.6. The molecule has 2 aromatic carbocycles. The molecule has 0 aliphatic heterocycles. The third kappa shape index (κ3) is 10.0. The number of halogens is 6. The third-order valence-corrected chi connectivity index (χ3v) is 6.06. The van der Waals surface area contributed by atoms with Gasteiger partial charge in [-0.25, -0.2) is 4.79 Å². The van der Waals surface area contributed by atoms with Crippen molar-refractivity contribution < 1.29 is 49.8 Å². The van der Waals surface area contributed by atoms with Gasteiger partial charge < -0.3 is 19.2 Å². The molecule has 1 heterocycles. The summed E-state index contributed by atoms with van der Waals surface area (Å²) in [4.78, 5) is 27.0. The van der Waals surface area contributed by atoms with Gasteiger partial charge in [-0.1, -0.05) is 12.1 Å². The number of nitrogens with one attached hydrogen (secondary N) is 1. The maximum Gasteiger partial charge on any atom is 0.418 e. The molecule has 0 bridgehead atoms. The Kier molecular flexibility index (Phi) is 10.1. The highest BCUT2D eigenvalue weighted by Gasteiger charge is 2.39. The zero-order chi connectivity index (χ0) is 33.1. The fourth-order valence-corrected chi connectivity index (χ4v) is 4.07. The molecule has 0 atom stereocenters. The first-order valence-electron chi connectivity index (χ1n) is 13.5. The van der Waals surface area contributed by atoms with Gasteiger partial charge in [-0.15, -0.1) is 0 Å². The number of aryl methyl sites for hydroxylation is 1. The van der Waals surface area contributed by atoms with Crippen LogP contribution in [0.2, 0.25) is 0 Å². The minimum absolute atomic E-state index is 0.0350. The number of rotatable bonds is 10. The third-order valence-electron chi connectivity index (χ3n) is 6.06. The van der Waals surface area contributed by atoms with Crippen molar-refractivity contribution in [1.29, 1.82) is 0 Å². The molecular weight excluding hydrogens is 594 g/mol. The first kappa shape index (κ1) is 34.5. The van der Waals surface area contributed by atoms with Crippen LogP contribution < -0.4 is 10.1 Å². The summed E-state index contributed by atoms with van der Waals surface area (Å²) in [7, 11) is 0. The minimum Gasteiger partial charge on any atom is -0.476 e. The molecule has 0 aliphatic carbocycles. The summed E-state index contributed by atoms with van der Waals surface area (Å²) in [6.07, 6.45) is -10.1. The van der Waals surface area contributed by atoms with Crippen molar-refractivity contribution in [3.63, 3.8) is 0 Å². The number of amides is 1. The lowest BCUT2D eigenvalue weighted by molar-refractivity contribution is -0.171. The molecule has 0 radical (unpaired) electrons. The van der Waals surface area contributed by atoms with Gasteiger partial charge in [-0.05, 0) is 89.6 Å². The van der Waals surface area contributed by atoms with E-state index in [1.165, 1.54) is 0 Å². The summed E-state index contributed by atoms with van der Waals surface area (Å²) in [6.45, 7) is 9.92. The molecule has 44 heavy (non-hydrogen) atoms. The Morgan fingerprint density at radius 1 is 0.841 bits per heavy atom. The van der Waals surface area contributed by atoms with Crippen molar-refractivity contribution in [3.8, 4) is 5.75 Å². The first-order chi connectivity index (χ1) is 20.1. The van der Waals surface area contributed by atoms with Crippen LogP contribution >= 0.6 is 0 Å². The van der Waals surface area contributed by atoms with Crippen molar-refractivity contribution in [2.45, 2.75) is 78.2 Å². The Balaban J connectivity index is 1.77. The van der Waals surface area contributed by atoms with Gasteiger partial charge in [-0.3, -0.25) is 9.69 Å². The van der Waals surface area contributed by atoms with Gasteiger partial charge in [0, 0.05) is 6.54 Å². The molecule has 0 saturated heterocycles. The number of furan rings is 1. The van der Waals surface area contributed by atoms with E-state index in [0.29, 0.717) is 35.0 Å². The van der Waals surface area contributed by atoms with Gasteiger partial charge in [0.25, 0.3) is 0 Å². The number of alkyl halides is 6. The van der Waals surface area contributed by atoms with E-state index in [4.69, 9.17) is 13.9 Å². The molecule has 3 rings (SSSR count). The molecular formula is C31H34F6N2O5. The number of anilines is 1. The van der Waals surface area contributed by atoms with Gasteiger partial charge >= 0.3 is 18.3 Å². The lowest BCUT2D eigenvalue weighted by Gasteiger charge is -2.29. The van der Waals surface area contributed by atoms with E-state index >= 15 is 0 Å². The smallest absolute Gasteiger partial charge is 0.418 e. The number of benzene rings is 2. The molecule has 0 fully saturated rings. The summed E-state index contributed by atoms with van der Waals surface area (Å²) in [5.41, 5.74) is -5.19. The number of carbonyl (C=O) groups is 2. The average Bonchev–Trinajstić information content (AvgIpc) is 3.27. The summed E-state index contributed by atoms with van der Waals surface area (Å²) in [5.74, 6) is 0.0369. The monoisotopic (exact) mass is 628 g/mol. The highest BCUT2D eigenvalue weighted by atomic mass is 19.4. The van der Waals surface area contributed by atoms with Gasteiger partial charge in [-0.2, -0.15) is 26.3 Å². The van der Waals surface area contributed by atoms with E-state index in [1.807, 2.05) is 0 Å². The average molecular weight is 629 g/mol. The number of hydrogen-bond acceptors (Lipinski definition) is 6. The maximum absolute atomic E-state index is 13.6. The van der Waals surface area contributed by atoms with Crippen LogP contribution in [0.4, 0.5) is 32.0 Å². The van der Waals surface area contributed by atoms with E-state index in [-0.39, 0.29) is 19.2 Å². The van der Waals surface area contributed by atoms with Crippen molar-refractivity contribution in [2.75, 3.05) is 11.9 Å². The summed E-state index contributed by atoms with van der Waals surface area (Å²) in [5, 5.41) is 2.10. The van der Waals surface area contributed by atoms with Crippen LogP contribution in [0.1, 0.15) is 62.8 Å². The Labute approximate surface area is 251 Å². The van der Waals surface area contributed by atoms with Crippen LogP contribution in [0, 0.1) is 6.92 Å². The van der Waals surface area contributed by atoms with E-state index in [2.05, 4.69) is 5.32 Å². The molecule has 1 aromatic heterocycles. The second-order valence-electron chi connectivity index (χ2n) is 11.7. The van der Waals surface area contributed by atoms with E-state index in [0.717, 1.165) is 0 Å². The molecule has 1 N–H and O–H groups in total. The zero-order valence-corrected chi connectivity index (χ0v) is 25.1. The molecule has 1 amide bonds. The van der Waals surface area contributed by atoms with Gasteiger partial charge in [0.1, 0.15) is 22.9 Å². The van der Waals surface area contributed by atoms with Gasteiger partial charge in [0.15, 0.2) is 5.60 Å². The predicted octanol–water partition coefficient (Wildman–Crippen LogP) is 7.77. The van der Waals surface area contributed by atoms with Crippen LogP contribution in [0.25, 0.3) is 0 Å². The Bertz CT molecular complexity index is 1450. The second-order valence-corrected chi connectivity index (χ2v) is 11.7. The normalized spacial score (nSPS) is 12.8. The summed E-state index contributed by atoms with van der Waals surface area (Å²) in [6, 6.07) is 11.0. The number of ether oxygens (including phenoxy) is 2. The molecule has 0 unspecified atom stereocenters. The van der Waals surface area contributed by atoms with E-state index < -0.39 is 58.8 Å². The standard InChI is InChI=1S/C31H34F6N2O5/c1-19-7-11-23(42-19)17-39(16-20-8-12-22(13-9-20)43-29(5,6)27(41)44-28(2,3)4)18-26(40)38-25-14-10-21(30(32,33)34)15-24(25)31(35,36)37/h7-15H,16-18H2,1-6H3,(H,38,40). The molecule has 0 spiro atoms. The van der Waals surface area contributed by atoms with E-state index in [1.54, 1.807) is 82.8 Å². The van der Waals surface area contributed by atoms with Gasteiger partial charge in [0.05, 0.1) is 29.9 Å². The van der Waals surface area contributed by atoms with E-state index in [9.17, 15) is 35.9 Å². The Morgan fingerprint density at radius 2 is 1.48 bits per heavy atom. The van der Waals surface area contributed by atoms with Crippen molar-refractivity contribution in [2.24, 2.45) is 0 Å². The lowest BCUT2D eigenvalue weighted by atomic mass is 10.1. The Hall–Kier alpha value is -4.00. The largest absolute Gasteiger partial charge is 0.476 e. The topological polar surface area (TPSA) is 81.0 Å². The Morgan fingerprint density at radius 3 is 2.00 bits per heavy atom. The molecule has 240 valence electrons. The molecule has 3 aromatic rings. The number of nitrogens with zero attached hydrogens (tertiary/aromatic N) is 1. The number of esters is 1. The van der Waals surface area contributed by atoms with Crippen LogP contribution in [-0.4, -0.2) is 34.5 Å². The van der Waals surface area contributed by atoms with Crippen molar-refractivity contribution >= 4 is 17.6 Å². The number of carbonyl (C=O) groups excluding carboxylic acids is 2. The van der Waals surface area contributed by atoms with Crippen molar-refractivity contribution in [3.05, 3.63) is 82.8 Å². The van der Waals surface area contributed by atoms with Crippen LogP contribution in [-0.2, 0) is 39.8 Å². The quantitative estimate of drug-likeness (QED) is 0.183. The minimum atomic E-state index is -5.14. The predicted molar refractivity (Wildman–Crippen MR) is 150 cm³/mol. The fourth-order valence-electron chi connectivity index (χ4n) is 4.07. The first-order valence-corrected chi connectivity index (χ1v) is 13.5. The zero-order valence-electron chi connectivity index (χ0n) is 25.1. The lowest BCUT2D eigenvalue weighted by Crippen LogP contribution is -2.43. The SMILES string of the molecule is Cc1ccc(CN(CC(=O)Nc2ccc(C(F)(F)F)cc2C(F)(F)F)Cc2ccc(OC(C)(C)C(=O)OC(C)(C)C)cc2)o1. The molecule has 13 heteroatoms. The highest BCUT2D eigenvalue weighted by Crippen LogP contribution is 2.39.